The largest absolute Gasteiger partial charge is 0.366 e. The fourth-order valence-corrected chi connectivity index (χ4v) is 2.99. The Kier molecular flexibility index (Phi) is 3.98. The van der Waals surface area contributed by atoms with Gasteiger partial charge in [-0.1, -0.05) is 0 Å². The van der Waals surface area contributed by atoms with Crippen molar-refractivity contribution >= 4 is 23.2 Å². The summed E-state index contributed by atoms with van der Waals surface area (Å²) in [5, 5.41) is 4.83. The third-order valence-corrected chi connectivity index (χ3v) is 4.13. The number of nitrogens with one attached hydrogen (secondary N) is 1. The summed E-state index contributed by atoms with van der Waals surface area (Å²) < 4.78 is 0. The number of nitrogens with zero attached hydrogens (tertiary/aromatic N) is 1. The molecule has 18 heavy (non-hydrogen) atoms. The number of likely N-dealkylation sites (N-methyl/N-ethyl adjacent to an activating group) is 1. The number of carbonyl (C=O) groups is 2. The number of hydrogen-bond acceptors (Lipinski definition) is 4. The Balaban J connectivity index is 2.07. The number of nitrogens with two attached hydrogens (primary N) is 1. The quantitative estimate of drug-likeness (QED) is 0.845. The van der Waals surface area contributed by atoms with Gasteiger partial charge in [-0.3, -0.25) is 9.59 Å². The SMILES string of the molecule is CN[C@H]1CCCN(C(=O)c2cc(C(N)=O)cs2)C1. The lowest BCUT2D eigenvalue weighted by Crippen LogP contribution is -2.46. The first-order valence-electron chi connectivity index (χ1n) is 5.96. The summed E-state index contributed by atoms with van der Waals surface area (Å²) >= 11 is 1.28. The molecule has 1 aliphatic heterocycles. The summed E-state index contributed by atoms with van der Waals surface area (Å²) in [6, 6.07) is 1.94. The molecule has 1 atom stereocenters. The highest BCUT2D eigenvalue weighted by Gasteiger charge is 2.24. The number of hydrogen-bond donors (Lipinski definition) is 2. The van der Waals surface area contributed by atoms with E-state index in [1.807, 2.05) is 11.9 Å². The van der Waals surface area contributed by atoms with Crippen molar-refractivity contribution in [3.63, 3.8) is 0 Å². The smallest absolute Gasteiger partial charge is 0.263 e. The van der Waals surface area contributed by atoms with E-state index < -0.39 is 5.91 Å². The lowest BCUT2D eigenvalue weighted by Gasteiger charge is -2.32. The van der Waals surface area contributed by atoms with Crippen LogP contribution in [0.25, 0.3) is 0 Å². The second kappa shape index (κ2) is 5.49. The van der Waals surface area contributed by atoms with E-state index in [4.69, 9.17) is 5.73 Å². The van der Waals surface area contributed by atoms with Gasteiger partial charge in [0.1, 0.15) is 0 Å². The zero-order valence-electron chi connectivity index (χ0n) is 10.3. The molecule has 6 heteroatoms. The molecule has 2 rings (SSSR count). The maximum atomic E-state index is 12.3. The molecule has 1 aliphatic rings. The summed E-state index contributed by atoms with van der Waals surface area (Å²) in [5.74, 6) is -0.496. The van der Waals surface area contributed by atoms with Crippen molar-refractivity contribution < 1.29 is 9.59 Å². The fraction of sp³-hybridized carbons (Fsp3) is 0.500. The number of rotatable bonds is 3. The van der Waals surface area contributed by atoms with Gasteiger partial charge < -0.3 is 16.0 Å². The minimum Gasteiger partial charge on any atom is -0.366 e. The molecule has 0 spiro atoms. The highest BCUT2D eigenvalue weighted by Crippen LogP contribution is 2.19. The fourth-order valence-electron chi connectivity index (χ4n) is 2.13. The Morgan fingerprint density at radius 1 is 1.56 bits per heavy atom. The molecule has 1 fully saturated rings. The highest BCUT2D eigenvalue weighted by atomic mass is 32.1. The predicted octanol–water partition coefficient (Wildman–Crippen LogP) is 0.671. The van der Waals surface area contributed by atoms with Gasteiger partial charge in [0.15, 0.2) is 0 Å². The summed E-state index contributed by atoms with van der Waals surface area (Å²) in [6.07, 6.45) is 2.10. The van der Waals surface area contributed by atoms with Crippen molar-refractivity contribution in [3.05, 3.63) is 21.9 Å². The zero-order valence-corrected chi connectivity index (χ0v) is 11.1. The van der Waals surface area contributed by atoms with E-state index in [0.717, 1.165) is 25.9 Å². The average Bonchev–Trinajstić information content (AvgIpc) is 2.87. The van der Waals surface area contributed by atoms with Gasteiger partial charge in [-0.25, -0.2) is 0 Å². The van der Waals surface area contributed by atoms with Crippen LogP contribution in [0.2, 0.25) is 0 Å². The minimum absolute atomic E-state index is 0.00699. The van der Waals surface area contributed by atoms with Gasteiger partial charge in [0.25, 0.3) is 5.91 Å². The van der Waals surface area contributed by atoms with E-state index >= 15 is 0 Å². The first kappa shape index (κ1) is 13.0. The Labute approximate surface area is 110 Å². The van der Waals surface area contributed by atoms with Crippen LogP contribution in [-0.2, 0) is 0 Å². The van der Waals surface area contributed by atoms with Crippen LogP contribution in [-0.4, -0.2) is 42.9 Å². The lowest BCUT2D eigenvalue weighted by atomic mass is 10.1. The Morgan fingerprint density at radius 3 is 2.94 bits per heavy atom. The molecule has 0 saturated carbocycles. The zero-order chi connectivity index (χ0) is 13.1. The topological polar surface area (TPSA) is 75.4 Å². The lowest BCUT2D eigenvalue weighted by molar-refractivity contribution is 0.0703. The first-order valence-corrected chi connectivity index (χ1v) is 6.84. The van der Waals surface area contributed by atoms with Crippen molar-refractivity contribution in [2.45, 2.75) is 18.9 Å². The molecule has 2 amide bonds. The van der Waals surface area contributed by atoms with Crippen LogP contribution >= 0.6 is 11.3 Å². The molecule has 0 aromatic carbocycles. The van der Waals surface area contributed by atoms with Gasteiger partial charge >= 0.3 is 0 Å². The van der Waals surface area contributed by atoms with Crippen LogP contribution < -0.4 is 11.1 Å². The van der Waals surface area contributed by atoms with Gasteiger partial charge in [-0.15, -0.1) is 11.3 Å². The van der Waals surface area contributed by atoms with Gasteiger partial charge in [0.2, 0.25) is 5.91 Å². The summed E-state index contributed by atoms with van der Waals surface area (Å²) in [5.41, 5.74) is 5.59. The molecule has 1 aromatic heterocycles. The Bertz CT molecular complexity index is 458. The standard InChI is InChI=1S/C12H17N3O2S/c1-14-9-3-2-4-15(6-9)12(17)10-5-8(7-18-10)11(13)16/h5,7,9,14H,2-4,6H2,1H3,(H2,13,16)/t9-/m0/s1. The molecule has 1 aromatic rings. The van der Waals surface area contributed by atoms with Gasteiger partial charge in [-0.05, 0) is 26.0 Å². The Hall–Kier alpha value is -1.40. The van der Waals surface area contributed by atoms with Crippen LogP contribution in [0.3, 0.4) is 0 Å². The molecular weight excluding hydrogens is 250 g/mol. The second-order valence-corrected chi connectivity index (χ2v) is 5.35. The Morgan fingerprint density at radius 2 is 2.33 bits per heavy atom. The van der Waals surface area contributed by atoms with Crippen molar-refractivity contribution in [2.75, 3.05) is 20.1 Å². The summed E-state index contributed by atoms with van der Waals surface area (Å²) in [6.45, 7) is 1.50. The van der Waals surface area contributed by atoms with Crippen LogP contribution in [0.15, 0.2) is 11.4 Å². The van der Waals surface area contributed by atoms with Gasteiger partial charge in [-0.2, -0.15) is 0 Å². The van der Waals surface area contributed by atoms with E-state index in [1.165, 1.54) is 11.3 Å². The number of amides is 2. The maximum absolute atomic E-state index is 12.3. The highest BCUT2D eigenvalue weighted by molar-refractivity contribution is 7.12. The number of carbonyl (C=O) groups excluding carboxylic acids is 2. The van der Waals surface area contributed by atoms with Crippen molar-refractivity contribution in [1.29, 1.82) is 0 Å². The van der Waals surface area contributed by atoms with E-state index in [9.17, 15) is 9.59 Å². The molecule has 0 bridgehead atoms. The normalized spacial score (nSPS) is 19.8. The molecule has 5 nitrogen and oxygen atoms in total. The monoisotopic (exact) mass is 267 g/mol. The number of thiophene rings is 1. The maximum Gasteiger partial charge on any atom is 0.263 e. The van der Waals surface area contributed by atoms with E-state index in [-0.39, 0.29) is 5.91 Å². The molecule has 1 saturated heterocycles. The van der Waals surface area contributed by atoms with Crippen molar-refractivity contribution in [2.24, 2.45) is 5.73 Å². The summed E-state index contributed by atoms with van der Waals surface area (Å²) in [4.78, 5) is 25.7. The summed E-state index contributed by atoms with van der Waals surface area (Å²) in [7, 11) is 1.91. The third-order valence-electron chi connectivity index (χ3n) is 3.21. The van der Waals surface area contributed by atoms with Gasteiger partial charge in [0, 0.05) is 24.5 Å². The van der Waals surface area contributed by atoms with Crippen LogP contribution in [0.5, 0.6) is 0 Å². The molecule has 0 aliphatic carbocycles. The predicted molar refractivity (Wildman–Crippen MR) is 70.8 cm³/mol. The van der Waals surface area contributed by atoms with Crippen LogP contribution in [0, 0.1) is 0 Å². The minimum atomic E-state index is -0.489. The van der Waals surface area contributed by atoms with Gasteiger partial charge in [0.05, 0.1) is 10.4 Å². The van der Waals surface area contributed by atoms with Crippen LogP contribution in [0.1, 0.15) is 32.9 Å². The average molecular weight is 267 g/mol. The van der Waals surface area contributed by atoms with Crippen molar-refractivity contribution in [1.82, 2.24) is 10.2 Å². The number of piperidine rings is 1. The molecular formula is C12H17N3O2S. The van der Waals surface area contributed by atoms with E-state index in [2.05, 4.69) is 5.32 Å². The molecule has 2 heterocycles. The molecule has 98 valence electrons. The number of primary amides is 1. The molecule has 3 N–H and O–H groups in total. The molecule has 0 unspecified atom stereocenters. The van der Waals surface area contributed by atoms with Crippen molar-refractivity contribution in [3.8, 4) is 0 Å². The second-order valence-electron chi connectivity index (χ2n) is 4.44. The number of likely N-dealkylation sites (tertiary alicyclic amines) is 1. The van der Waals surface area contributed by atoms with Crippen LogP contribution in [0.4, 0.5) is 0 Å². The first-order chi connectivity index (χ1) is 8.61. The third kappa shape index (κ3) is 2.70. The van der Waals surface area contributed by atoms with E-state index in [0.29, 0.717) is 16.5 Å². The molecule has 0 radical (unpaired) electrons. The van der Waals surface area contributed by atoms with E-state index in [1.54, 1.807) is 11.4 Å².